The van der Waals surface area contributed by atoms with Crippen LogP contribution < -0.4 is 10.6 Å². The highest BCUT2D eigenvalue weighted by atomic mass is 16.3. The van der Waals surface area contributed by atoms with E-state index >= 15 is 0 Å². The number of carbonyl (C=O) groups excluding carboxylic acids is 1. The lowest BCUT2D eigenvalue weighted by Gasteiger charge is -2.15. The van der Waals surface area contributed by atoms with Crippen molar-refractivity contribution in [1.82, 2.24) is 10.6 Å². The van der Waals surface area contributed by atoms with Crippen molar-refractivity contribution in [3.63, 3.8) is 0 Å². The molecule has 1 fully saturated rings. The van der Waals surface area contributed by atoms with Crippen molar-refractivity contribution in [2.45, 2.75) is 18.6 Å². The van der Waals surface area contributed by atoms with Crippen molar-refractivity contribution >= 4 is 5.91 Å². The summed E-state index contributed by atoms with van der Waals surface area (Å²) in [6.45, 7) is 1.71. The molecule has 1 amide bonds. The second kappa shape index (κ2) is 5.09. The van der Waals surface area contributed by atoms with Gasteiger partial charge >= 0.3 is 0 Å². The fourth-order valence-corrected chi connectivity index (χ4v) is 1.84. The Hall–Kier alpha value is -1.39. The molecular weight excluding hydrogens is 204 g/mol. The Kier molecular flexibility index (Phi) is 3.54. The molecule has 2 rings (SSSR count). The Balaban J connectivity index is 1.94. The Bertz CT molecular complexity index is 347. The quantitative estimate of drug-likeness (QED) is 0.682. The van der Waals surface area contributed by atoms with Crippen molar-refractivity contribution in [3.05, 3.63) is 35.9 Å². The summed E-state index contributed by atoms with van der Waals surface area (Å²) in [7, 11) is 0. The van der Waals surface area contributed by atoms with Gasteiger partial charge in [0.1, 0.15) is 0 Å². The van der Waals surface area contributed by atoms with Crippen LogP contribution in [0.15, 0.2) is 30.3 Å². The monoisotopic (exact) mass is 220 g/mol. The molecule has 86 valence electrons. The molecule has 0 aliphatic carbocycles. The Labute approximate surface area is 94.7 Å². The zero-order valence-corrected chi connectivity index (χ0v) is 9.02. The molecule has 0 bridgehead atoms. The zero-order valence-electron chi connectivity index (χ0n) is 9.02. The van der Waals surface area contributed by atoms with Gasteiger partial charge in [-0.15, -0.1) is 0 Å². The standard InChI is InChI=1S/C12H16N2O2/c15-11(9-4-2-1-3-5-9)12(16)14-10-6-7-13-8-10/h1-5,10-11,13,15H,6-8H2,(H,14,16)/t10-,11?/m1/s1. The first-order valence-corrected chi connectivity index (χ1v) is 5.51. The minimum atomic E-state index is -1.07. The molecule has 3 N–H and O–H groups in total. The van der Waals surface area contributed by atoms with Crippen LogP contribution in [0.25, 0.3) is 0 Å². The molecule has 1 saturated heterocycles. The van der Waals surface area contributed by atoms with Crippen LogP contribution >= 0.6 is 0 Å². The van der Waals surface area contributed by atoms with E-state index in [-0.39, 0.29) is 11.9 Å². The summed E-state index contributed by atoms with van der Waals surface area (Å²) in [5, 5.41) is 15.8. The molecule has 1 heterocycles. The van der Waals surface area contributed by atoms with Crippen molar-refractivity contribution in [2.75, 3.05) is 13.1 Å². The summed E-state index contributed by atoms with van der Waals surface area (Å²) in [5.74, 6) is -0.320. The fourth-order valence-electron chi connectivity index (χ4n) is 1.84. The van der Waals surface area contributed by atoms with E-state index in [0.29, 0.717) is 5.56 Å². The lowest BCUT2D eigenvalue weighted by molar-refractivity contribution is -0.130. The van der Waals surface area contributed by atoms with E-state index in [1.165, 1.54) is 0 Å². The predicted molar refractivity (Wildman–Crippen MR) is 60.8 cm³/mol. The van der Waals surface area contributed by atoms with Crippen molar-refractivity contribution < 1.29 is 9.90 Å². The molecule has 0 spiro atoms. The van der Waals surface area contributed by atoms with Crippen LogP contribution in [-0.4, -0.2) is 30.1 Å². The average molecular weight is 220 g/mol. The summed E-state index contributed by atoms with van der Waals surface area (Å²) < 4.78 is 0. The Morgan fingerprint density at radius 1 is 1.44 bits per heavy atom. The van der Waals surface area contributed by atoms with Crippen LogP contribution in [0, 0.1) is 0 Å². The maximum atomic E-state index is 11.7. The van der Waals surface area contributed by atoms with E-state index in [1.807, 2.05) is 18.2 Å². The van der Waals surface area contributed by atoms with E-state index in [4.69, 9.17) is 0 Å². The van der Waals surface area contributed by atoms with Gasteiger partial charge in [-0.2, -0.15) is 0 Å². The van der Waals surface area contributed by atoms with Gasteiger partial charge in [-0.3, -0.25) is 4.79 Å². The molecule has 1 unspecified atom stereocenters. The van der Waals surface area contributed by atoms with Crippen LogP contribution in [0.5, 0.6) is 0 Å². The third-order valence-corrected chi connectivity index (χ3v) is 2.77. The number of hydrogen-bond donors (Lipinski definition) is 3. The maximum absolute atomic E-state index is 11.7. The highest BCUT2D eigenvalue weighted by molar-refractivity contribution is 5.82. The van der Waals surface area contributed by atoms with Crippen molar-refractivity contribution in [2.24, 2.45) is 0 Å². The number of carbonyl (C=O) groups is 1. The summed E-state index contributed by atoms with van der Waals surface area (Å²) in [6.07, 6.45) is -0.144. The highest BCUT2D eigenvalue weighted by Gasteiger charge is 2.22. The van der Waals surface area contributed by atoms with Gasteiger partial charge in [0, 0.05) is 12.6 Å². The number of rotatable bonds is 3. The minimum absolute atomic E-state index is 0.144. The molecule has 0 saturated carbocycles. The van der Waals surface area contributed by atoms with Gasteiger partial charge in [-0.25, -0.2) is 0 Å². The molecule has 1 aliphatic heterocycles. The summed E-state index contributed by atoms with van der Waals surface area (Å²) in [6, 6.07) is 9.11. The average Bonchev–Trinajstić information content (AvgIpc) is 2.82. The number of aliphatic hydroxyl groups is 1. The minimum Gasteiger partial charge on any atom is -0.378 e. The summed E-state index contributed by atoms with van der Waals surface area (Å²) in [5.41, 5.74) is 0.631. The van der Waals surface area contributed by atoms with Crippen LogP contribution in [0.1, 0.15) is 18.1 Å². The molecule has 4 nitrogen and oxygen atoms in total. The second-order valence-electron chi connectivity index (χ2n) is 4.01. The summed E-state index contributed by atoms with van der Waals surface area (Å²) in [4.78, 5) is 11.7. The SMILES string of the molecule is O=C(N[C@@H]1CCNC1)C(O)c1ccccc1. The second-order valence-corrected chi connectivity index (χ2v) is 4.01. The first-order chi connectivity index (χ1) is 7.77. The number of benzene rings is 1. The molecule has 0 aromatic heterocycles. The molecule has 16 heavy (non-hydrogen) atoms. The van der Waals surface area contributed by atoms with Crippen LogP contribution in [0.4, 0.5) is 0 Å². The van der Waals surface area contributed by atoms with Gasteiger partial charge in [-0.05, 0) is 18.5 Å². The Morgan fingerprint density at radius 2 is 2.19 bits per heavy atom. The van der Waals surface area contributed by atoms with Crippen LogP contribution in [0.3, 0.4) is 0 Å². The first-order valence-electron chi connectivity index (χ1n) is 5.51. The fraction of sp³-hybridized carbons (Fsp3) is 0.417. The van der Waals surface area contributed by atoms with Crippen molar-refractivity contribution in [1.29, 1.82) is 0 Å². The van der Waals surface area contributed by atoms with E-state index in [9.17, 15) is 9.90 Å². The van der Waals surface area contributed by atoms with Gasteiger partial charge in [0.25, 0.3) is 5.91 Å². The van der Waals surface area contributed by atoms with E-state index < -0.39 is 6.10 Å². The van der Waals surface area contributed by atoms with Gasteiger partial charge in [0.05, 0.1) is 0 Å². The summed E-state index contributed by atoms with van der Waals surface area (Å²) >= 11 is 0. The normalized spacial score (nSPS) is 21.7. The first kappa shape index (κ1) is 11.1. The van der Waals surface area contributed by atoms with Gasteiger partial charge in [-0.1, -0.05) is 30.3 Å². The lowest BCUT2D eigenvalue weighted by Crippen LogP contribution is -2.39. The number of amides is 1. The van der Waals surface area contributed by atoms with Gasteiger partial charge in [0.2, 0.25) is 0 Å². The van der Waals surface area contributed by atoms with E-state index in [2.05, 4.69) is 10.6 Å². The van der Waals surface area contributed by atoms with Crippen LogP contribution in [0.2, 0.25) is 0 Å². The van der Waals surface area contributed by atoms with E-state index in [1.54, 1.807) is 12.1 Å². The number of hydrogen-bond acceptors (Lipinski definition) is 3. The molecular formula is C12H16N2O2. The molecule has 4 heteroatoms. The molecule has 2 atom stereocenters. The van der Waals surface area contributed by atoms with Gasteiger partial charge < -0.3 is 15.7 Å². The number of aliphatic hydroxyl groups excluding tert-OH is 1. The molecule has 1 aliphatic rings. The predicted octanol–water partition coefficient (Wildman–Crippen LogP) is 0.198. The topological polar surface area (TPSA) is 61.4 Å². The molecule has 0 radical (unpaired) electrons. The lowest BCUT2D eigenvalue weighted by atomic mass is 10.1. The third kappa shape index (κ3) is 2.59. The zero-order chi connectivity index (χ0) is 11.4. The smallest absolute Gasteiger partial charge is 0.253 e. The largest absolute Gasteiger partial charge is 0.378 e. The highest BCUT2D eigenvalue weighted by Crippen LogP contribution is 2.12. The van der Waals surface area contributed by atoms with Crippen LogP contribution in [-0.2, 0) is 4.79 Å². The Morgan fingerprint density at radius 3 is 2.81 bits per heavy atom. The maximum Gasteiger partial charge on any atom is 0.253 e. The third-order valence-electron chi connectivity index (χ3n) is 2.77. The van der Waals surface area contributed by atoms with Gasteiger partial charge in [0.15, 0.2) is 6.10 Å². The number of nitrogens with one attached hydrogen (secondary N) is 2. The molecule has 1 aromatic carbocycles. The molecule has 1 aromatic rings. The van der Waals surface area contributed by atoms with Crippen molar-refractivity contribution in [3.8, 4) is 0 Å². The van der Waals surface area contributed by atoms with E-state index in [0.717, 1.165) is 19.5 Å².